The summed E-state index contributed by atoms with van der Waals surface area (Å²) in [6, 6.07) is 28.1. The molecule has 1 aromatic heterocycles. The maximum absolute atomic E-state index is 9.96. The van der Waals surface area contributed by atoms with Gasteiger partial charge in [0, 0.05) is 47.8 Å². The molecule has 43 heavy (non-hydrogen) atoms. The minimum Gasteiger partial charge on any atom is -0.691 e. The average Bonchev–Trinajstić information content (AvgIpc) is 3.37. The maximum Gasteiger partial charge on any atom is 1.00 e. The van der Waals surface area contributed by atoms with E-state index in [4.69, 9.17) is 0 Å². The van der Waals surface area contributed by atoms with Gasteiger partial charge in [-0.05, 0) is 73.2 Å². The van der Waals surface area contributed by atoms with E-state index in [1.165, 1.54) is 48.8 Å². The van der Waals surface area contributed by atoms with Crippen molar-refractivity contribution in [2.75, 3.05) is 17.2 Å². The summed E-state index contributed by atoms with van der Waals surface area (Å²) in [5.74, 6) is 0.717. The number of thioether (sulfide) groups is 1. The Morgan fingerprint density at radius 1 is 1.02 bits per heavy atom. The van der Waals surface area contributed by atoms with Crippen molar-refractivity contribution >= 4 is 46.5 Å². The fourth-order valence-corrected chi connectivity index (χ4v) is 6.73. The van der Waals surface area contributed by atoms with Crippen LogP contribution in [0, 0.1) is 6.92 Å². The van der Waals surface area contributed by atoms with Gasteiger partial charge < -0.3 is 10.2 Å². The molecule has 1 aliphatic heterocycles. The van der Waals surface area contributed by atoms with Crippen molar-refractivity contribution in [1.82, 2.24) is 0 Å². The van der Waals surface area contributed by atoms with Crippen LogP contribution in [0.5, 0.6) is 0 Å². The molecule has 0 unspecified atom stereocenters. The topological polar surface area (TPSA) is 48.6 Å². The van der Waals surface area contributed by atoms with Crippen LogP contribution in [0.2, 0.25) is 0 Å². The Bertz CT molecular complexity index is 1590. The number of aromatic nitrogens is 1. The van der Waals surface area contributed by atoms with E-state index in [1.807, 2.05) is 11.8 Å². The number of allylic oxidation sites excluding steroid dienone is 4. The molecule has 0 amide bonds. The summed E-state index contributed by atoms with van der Waals surface area (Å²) in [6.45, 7) is 6.19. The zero-order valence-corrected chi connectivity index (χ0v) is 29.8. The van der Waals surface area contributed by atoms with E-state index in [9.17, 15) is 5.26 Å². The third-order valence-corrected chi connectivity index (χ3v) is 9.02. The summed E-state index contributed by atoms with van der Waals surface area (Å²) >= 11 is 2.89. The van der Waals surface area contributed by atoms with E-state index >= 15 is 0 Å². The molecule has 0 aliphatic carbocycles. The van der Waals surface area contributed by atoms with Crippen molar-refractivity contribution in [2.24, 2.45) is 0 Å². The predicted molar refractivity (Wildman–Crippen MR) is 173 cm³/mol. The molecule has 4 aromatic rings. The predicted octanol–water partition coefficient (Wildman–Crippen LogP) is 4.75. The first-order valence-electron chi connectivity index (χ1n) is 14.3. The van der Waals surface area contributed by atoms with Crippen LogP contribution in [0.3, 0.4) is 0 Å². The molecule has 216 valence electrons. The van der Waals surface area contributed by atoms with Crippen molar-refractivity contribution in [3.63, 3.8) is 0 Å². The van der Waals surface area contributed by atoms with E-state index in [2.05, 4.69) is 142 Å². The minimum absolute atomic E-state index is 0. The molecule has 1 aliphatic rings. The molecule has 0 radical (unpaired) electrons. The number of benzene rings is 3. The SMILES string of the molecule is CCN1C(=CC=C(C=Cc2cc[n+](CCCCSOO[O-])c3ccccc23)Cc2ccccc2)Sc2ccc(C)cc21.[K+]. The van der Waals surface area contributed by atoms with Gasteiger partial charge in [0.05, 0.1) is 16.1 Å². The standard InChI is InChI=1S/C35H36N2O3S2.K/c1-3-37-33-25-27(2)15-19-34(33)42-35(37)20-17-29(26-28-11-5-4-6-12-28)16-18-30-21-23-36(22-9-10-24-41-40-39-38)32-14-8-7-13-31(30)32;/h4-8,11-21,23,25H,3,9-10,22,24,26H2,1-2H3;/q;+1. The number of rotatable bonds is 13. The van der Waals surface area contributed by atoms with Gasteiger partial charge in [0.2, 0.25) is 5.52 Å². The maximum atomic E-state index is 9.96. The Hall–Kier alpha value is -1.69. The normalized spacial score (nSPS) is 14.1. The van der Waals surface area contributed by atoms with Gasteiger partial charge in [0.1, 0.15) is 6.54 Å². The summed E-state index contributed by atoms with van der Waals surface area (Å²) in [6.07, 6.45) is 14.0. The summed E-state index contributed by atoms with van der Waals surface area (Å²) < 4.78 is 6.66. The van der Waals surface area contributed by atoms with Gasteiger partial charge in [-0.3, -0.25) is 5.04 Å². The van der Waals surface area contributed by atoms with Crippen molar-refractivity contribution in [3.8, 4) is 0 Å². The molecule has 5 nitrogen and oxygen atoms in total. The summed E-state index contributed by atoms with van der Waals surface area (Å²) in [5, 5.41) is 15.9. The van der Waals surface area contributed by atoms with Gasteiger partial charge in [-0.2, -0.15) is 8.90 Å². The number of fused-ring (bicyclic) bond motifs is 2. The molecule has 0 bridgehead atoms. The average molecular weight is 636 g/mol. The molecule has 2 heterocycles. The largest absolute Gasteiger partial charge is 1.00 e. The first-order valence-corrected chi connectivity index (χ1v) is 16.1. The van der Waals surface area contributed by atoms with Crippen LogP contribution in [0.1, 0.15) is 36.5 Å². The van der Waals surface area contributed by atoms with Crippen LogP contribution in [0.4, 0.5) is 5.69 Å². The summed E-state index contributed by atoms with van der Waals surface area (Å²) in [7, 11) is 0. The number of para-hydroxylation sites is 1. The van der Waals surface area contributed by atoms with Gasteiger partial charge in [-0.1, -0.05) is 78.5 Å². The zero-order chi connectivity index (χ0) is 29.1. The molecule has 0 saturated carbocycles. The molecule has 0 fully saturated rings. The van der Waals surface area contributed by atoms with Crippen molar-refractivity contribution in [3.05, 3.63) is 131 Å². The fourth-order valence-electron chi connectivity index (χ4n) is 5.19. The molecular formula is C35H36KN2O3S2+. The van der Waals surface area contributed by atoms with Gasteiger partial charge in [-0.25, -0.2) is 0 Å². The number of pyridine rings is 1. The van der Waals surface area contributed by atoms with E-state index in [0.717, 1.165) is 44.4 Å². The van der Waals surface area contributed by atoms with E-state index in [0.29, 0.717) is 5.75 Å². The monoisotopic (exact) mass is 635 g/mol. The quantitative estimate of drug-likeness (QED) is 0.0402. The van der Waals surface area contributed by atoms with Gasteiger partial charge in [0.25, 0.3) is 0 Å². The van der Waals surface area contributed by atoms with E-state index < -0.39 is 0 Å². The Balaban J connectivity index is 0.00000423. The van der Waals surface area contributed by atoms with Crippen LogP contribution in [-0.4, -0.2) is 12.3 Å². The molecule has 0 spiro atoms. The number of hydrogen-bond acceptors (Lipinski definition) is 6. The second-order valence-corrected chi connectivity index (χ2v) is 12.0. The van der Waals surface area contributed by atoms with Crippen LogP contribution in [0.25, 0.3) is 17.0 Å². The summed E-state index contributed by atoms with van der Waals surface area (Å²) in [4.78, 5) is 3.72. The molecule has 5 rings (SSSR count). The molecule has 0 N–H and O–H groups in total. The van der Waals surface area contributed by atoms with E-state index in [1.54, 1.807) is 0 Å². The summed E-state index contributed by atoms with van der Waals surface area (Å²) in [5.41, 5.74) is 7.52. The third kappa shape index (κ3) is 9.40. The van der Waals surface area contributed by atoms with Crippen LogP contribution in [-0.2, 0) is 22.3 Å². The Labute approximate surface area is 306 Å². The Kier molecular flexibility index (Phi) is 14.1. The van der Waals surface area contributed by atoms with Crippen LogP contribution in [0.15, 0.2) is 119 Å². The fraction of sp³-hybridized carbons (Fsp3) is 0.229. The molecule has 8 heteroatoms. The molecule has 0 saturated heterocycles. The second kappa shape index (κ2) is 17.7. The van der Waals surface area contributed by atoms with Gasteiger partial charge >= 0.3 is 51.4 Å². The molecular weight excluding hydrogens is 600 g/mol. The van der Waals surface area contributed by atoms with Gasteiger partial charge in [0.15, 0.2) is 6.20 Å². The van der Waals surface area contributed by atoms with Crippen molar-refractivity contribution in [2.45, 2.75) is 44.6 Å². The third-order valence-electron chi connectivity index (χ3n) is 7.28. The van der Waals surface area contributed by atoms with Crippen molar-refractivity contribution in [1.29, 1.82) is 0 Å². The minimum atomic E-state index is 0. The number of unbranched alkanes of at least 4 members (excludes halogenated alkanes) is 1. The molecule has 3 aromatic carbocycles. The first-order chi connectivity index (χ1) is 20.7. The molecule has 0 atom stereocenters. The van der Waals surface area contributed by atoms with Gasteiger partial charge in [-0.15, -0.1) is 0 Å². The van der Waals surface area contributed by atoms with Crippen molar-refractivity contribution < 1.29 is 70.6 Å². The zero-order valence-electron chi connectivity index (χ0n) is 25.1. The van der Waals surface area contributed by atoms with Crippen LogP contribution >= 0.6 is 23.8 Å². The number of nitrogens with zero attached hydrogens (tertiary/aromatic N) is 2. The Morgan fingerprint density at radius 3 is 2.65 bits per heavy atom. The van der Waals surface area contributed by atoms with Crippen LogP contribution < -0.4 is 66.1 Å². The first kappa shape index (κ1) is 34.2. The number of aryl methyl sites for hydroxylation is 2. The second-order valence-electron chi connectivity index (χ2n) is 10.2. The Morgan fingerprint density at radius 2 is 1.84 bits per heavy atom. The number of anilines is 1. The number of hydrogen-bond donors (Lipinski definition) is 0. The van der Waals surface area contributed by atoms with E-state index in [-0.39, 0.29) is 51.4 Å². The smallest absolute Gasteiger partial charge is 0.691 e.